The molecule has 13 nitrogen and oxygen atoms in total. The van der Waals surface area contributed by atoms with E-state index >= 15 is 0 Å². The summed E-state index contributed by atoms with van der Waals surface area (Å²) in [5.41, 5.74) is 21.8. The second kappa shape index (κ2) is 17.8. The van der Waals surface area contributed by atoms with Gasteiger partial charge in [-0.15, -0.1) is 0 Å². The molecule has 12 N–H and O–H groups in total. The standard InChI is InChI=1S/C21H42N8O5S/c1-3-12(2)16(19(32)27-14(20(33)34)8-6-10-26-21(24)25)29-18(31)15(11-35)28-17(30)13(23)7-4-5-9-22/h12-16,35H,3-11,22-23H2,1-2H3,(H,27,32)(H,28,30)(H,29,31)(H,33,34)(H4,24,25,26). The van der Waals surface area contributed by atoms with Crippen LogP contribution >= 0.6 is 12.6 Å². The molecular formula is C21H42N8O5S. The molecule has 5 unspecified atom stereocenters. The average Bonchev–Trinajstić information content (AvgIpc) is 2.81. The number of nitrogens with zero attached hydrogens (tertiary/aromatic N) is 1. The van der Waals surface area contributed by atoms with Crippen molar-refractivity contribution in [2.24, 2.45) is 33.8 Å². The van der Waals surface area contributed by atoms with Crippen LogP contribution in [0.4, 0.5) is 0 Å². The van der Waals surface area contributed by atoms with Crippen molar-refractivity contribution in [3.8, 4) is 0 Å². The maximum Gasteiger partial charge on any atom is 0.326 e. The maximum atomic E-state index is 12.9. The topological polar surface area (TPSA) is 241 Å². The summed E-state index contributed by atoms with van der Waals surface area (Å²) in [6.45, 7) is 4.29. The van der Waals surface area contributed by atoms with Gasteiger partial charge in [0.2, 0.25) is 17.7 Å². The van der Waals surface area contributed by atoms with Gasteiger partial charge in [0.1, 0.15) is 18.1 Å². The Balaban J connectivity index is 5.22. The summed E-state index contributed by atoms with van der Waals surface area (Å²) in [6.07, 6.45) is 2.78. The molecule has 14 heteroatoms. The Kier molecular flexibility index (Phi) is 16.5. The molecule has 0 radical (unpaired) electrons. The second-order valence-corrected chi connectivity index (χ2v) is 8.72. The smallest absolute Gasteiger partial charge is 0.326 e. The van der Waals surface area contributed by atoms with Gasteiger partial charge in [0.15, 0.2) is 5.96 Å². The number of rotatable bonds is 18. The third kappa shape index (κ3) is 13.2. The first-order valence-electron chi connectivity index (χ1n) is 11.7. The lowest BCUT2D eigenvalue weighted by Gasteiger charge is -2.27. The van der Waals surface area contributed by atoms with Gasteiger partial charge in [-0.05, 0) is 38.1 Å². The molecule has 0 aromatic carbocycles. The largest absolute Gasteiger partial charge is 0.480 e. The van der Waals surface area contributed by atoms with Crippen LogP contribution in [-0.2, 0) is 19.2 Å². The number of nitrogens with two attached hydrogens (primary N) is 4. The van der Waals surface area contributed by atoms with E-state index in [0.29, 0.717) is 32.2 Å². The van der Waals surface area contributed by atoms with Crippen molar-refractivity contribution in [3.63, 3.8) is 0 Å². The lowest BCUT2D eigenvalue weighted by Crippen LogP contribution is -2.59. The van der Waals surface area contributed by atoms with Crippen molar-refractivity contribution in [2.75, 3.05) is 18.8 Å². The fourth-order valence-corrected chi connectivity index (χ4v) is 3.35. The lowest BCUT2D eigenvalue weighted by atomic mass is 9.97. The summed E-state index contributed by atoms with van der Waals surface area (Å²) >= 11 is 4.14. The van der Waals surface area contributed by atoms with Crippen molar-refractivity contribution in [1.29, 1.82) is 0 Å². The monoisotopic (exact) mass is 518 g/mol. The zero-order valence-corrected chi connectivity index (χ0v) is 21.4. The highest BCUT2D eigenvalue weighted by molar-refractivity contribution is 7.80. The first-order valence-corrected chi connectivity index (χ1v) is 12.4. The molecule has 35 heavy (non-hydrogen) atoms. The third-order valence-corrected chi connectivity index (χ3v) is 5.84. The van der Waals surface area contributed by atoms with E-state index in [1.54, 1.807) is 6.92 Å². The normalized spacial score (nSPS) is 15.1. The summed E-state index contributed by atoms with van der Waals surface area (Å²) in [7, 11) is 0. The van der Waals surface area contributed by atoms with E-state index in [2.05, 4.69) is 33.6 Å². The molecular weight excluding hydrogens is 476 g/mol. The molecule has 0 fully saturated rings. The van der Waals surface area contributed by atoms with Crippen molar-refractivity contribution in [3.05, 3.63) is 0 Å². The molecule has 0 aliphatic rings. The molecule has 5 atom stereocenters. The molecule has 0 spiro atoms. The van der Waals surface area contributed by atoms with Crippen LogP contribution in [0, 0.1) is 5.92 Å². The molecule has 0 aliphatic carbocycles. The van der Waals surface area contributed by atoms with E-state index in [4.69, 9.17) is 22.9 Å². The summed E-state index contributed by atoms with van der Waals surface area (Å²) in [5.74, 6) is -3.45. The highest BCUT2D eigenvalue weighted by Crippen LogP contribution is 2.10. The van der Waals surface area contributed by atoms with Crippen LogP contribution in [0.3, 0.4) is 0 Å². The Labute approximate surface area is 212 Å². The number of unbranched alkanes of at least 4 members (excludes halogenated alkanes) is 1. The maximum absolute atomic E-state index is 12.9. The molecule has 0 saturated heterocycles. The summed E-state index contributed by atoms with van der Waals surface area (Å²) in [6, 6.07) is -4.04. The molecule has 0 rings (SSSR count). The summed E-state index contributed by atoms with van der Waals surface area (Å²) < 4.78 is 0. The molecule has 0 heterocycles. The fraction of sp³-hybridized carbons (Fsp3) is 0.762. The van der Waals surface area contributed by atoms with Crippen LogP contribution in [0.1, 0.15) is 52.4 Å². The Morgan fingerprint density at radius 3 is 2.09 bits per heavy atom. The Morgan fingerprint density at radius 2 is 1.57 bits per heavy atom. The zero-order valence-electron chi connectivity index (χ0n) is 20.5. The first-order chi connectivity index (χ1) is 16.5. The van der Waals surface area contributed by atoms with Gasteiger partial charge in [0.25, 0.3) is 0 Å². The van der Waals surface area contributed by atoms with Gasteiger partial charge < -0.3 is 44.0 Å². The van der Waals surface area contributed by atoms with Crippen molar-refractivity contribution < 1.29 is 24.3 Å². The van der Waals surface area contributed by atoms with Crippen LogP contribution in [0.5, 0.6) is 0 Å². The predicted molar refractivity (Wildman–Crippen MR) is 138 cm³/mol. The van der Waals surface area contributed by atoms with Gasteiger partial charge in [0, 0.05) is 12.3 Å². The fourth-order valence-electron chi connectivity index (χ4n) is 3.09. The van der Waals surface area contributed by atoms with Crippen molar-refractivity contribution in [1.82, 2.24) is 16.0 Å². The highest BCUT2D eigenvalue weighted by atomic mass is 32.1. The summed E-state index contributed by atoms with van der Waals surface area (Å²) in [4.78, 5) is 53.6. The van der Waals surface area contributed by atoms with Crippen LogP contribution in [-0.4, -0.2) is 77.8 Å². The number of carboxylic acids is 1. The first kappa shape index (κ1) is 32.4. The third-order valence-electron chi connectivity index (χ3n) is 5.47. The van der Waals surface area contributed by atoms with E-state index in [-0.39, 0.29) is 30.6 Å². The van der Waals surface area contributed by atoms with Gasteiger partial charge >= 0.3 is 5.97 Å². The minimum Gasteiger partial charge on any atom is -0.480 e. The van der Waals surface area contributed by atoms with Crippen molar-refractivity contribution in [2.45, 2.75) is 76.5 Å². The molecule has 0 saturated carbocycles. The van der Waals surface area contributed by atoms with E-state index in [0.717, 1.165) is 6.42 Å². The number of aliphatic carboxylic acids is 1. The second-order valence-electron chi connectivity index (χ2n) is 8.35. The van der Waals surface area contributed by atoms with Crippen LogP contribution < -0.4 is 38.9 Å². The minimum absolute atomic E-state index is 0.0233. The number of carbonyl (C=O) groups excluding carboxylic acids is 3. The molecule has 3 amide bonds. The number of nitrogens with one attached hydrogen (secondary N) is 3. The van der Waals surface area contributed by atoms with E-state index in [1.807, 2.05) is 6.92 Å². The van der Waals surface area contributed by atoms with Gasteiger partial charge in [-0.3, -0.25) is 19.4 Å². The Bertz CT molecular complexity index is 720. The number of carboxylic acid groups (broad SMARTS) is 1. The lowest BCUT2D eigenvalue weighted by molar-refractivity contribution is -0.142. The number of hydrogen-bond donors (Lipinski definition) is 9. The molecule has 0 aromatic rings. The zero-order chi connectivity index (χ0) is 27.0. The van der Waals surface area contributed by atoms with Crippen LogP contribution in [0.2, 0.25) is 0 Å². The average molecular weight is 519 g/mol. The van der Waals surface area contributed by atoms with Gasteiger partial charge in [-0.2, -0.15) is 12.6 Å². The Morgan fingerprint density at radius 1 is 0.943 bits per heavy atom. The summed E-state index contributed by atoms with van der Waals surface area (Å²) in [5, 5.41) is 17.1. The van der Waals surface area contributed by atoms with E-state index in [9.17, 15) is 24.3 Å². The quantitative estimate of drug-likeness (QED) is 0.0421. The van der Waals surface area contributed by atoms with Gasteiger partial charge in [0.05, 0.1) is 6.04 Å². The number of thiol groups is 1. The Hall–Kier alpha value is -2.58. The molecule has 0 bridgehead atoms. The minimum atomic E-state index is -1.22. The van der Waals surface area contributed by atoms with Crippen molar-refractivity contribution >= 4 is 42.3 Å². The number of hydrogen-bond acceptors (Lipinski definition) is 8. The van der Waals surface area contributed by atoms with Crippen LogP contribution in [0.25, 0.3) is 0 Å². The molecule has 0 aliphatic heterocycles. The van der Waals surface area contributed by atoms with E-state index in [1.165, 1.54) is 0 Å². The predicted octanol–water partition coefficient (Wildman–Crippen LogP) is -1.99. The number of amides is 3. The molecule has 0 aromatic heterocycles. The number of carbonyl (C=O) groups is 4. The van der Waals surface area contributed by atoms with Gasteiger partial charge in [-0.1, -0.05) is 26.7 Å². The van der Waals surface area contributed by atoms with Crippen LogP contribution in [0.15, 0.2) is 4.99 Å². The highest BCUT2D eigenvalue weighted by Gasteiger charge is 2.32. The van der Waals surface area contributed by atoms with Gasteiger partial charge in [-0.25, -0.2) is 4.79 Å². The number of aliphatic imine (C=N–C) groups is 1. The molecule has 202 valence electrons. The number of guanidine groups is 1. The van der Waals surface area contributed by atoms with E-state index < -0.39 is 47.9 Å². The SMILES string of the molecule is CCC(C)C(NC(=O)C(CS)NC(=O)C(N)CCCCN)C(=O)NC(CCCN=C(N)N)C(=O)O.